The van der Waals surface area contributed by atoms with Crippen LogP contribution < -0.4 is 26.2 Å². The van der Waals surface area contributed by atoms with E-state index in [4.69, 9.17) is 10.6 Å². The molecule has 132 valence electrons. The number of nitrogens with two attached hydrogens (primary N) is 1. The predicted octanol–water partition coefficient (Wildman–Crippen LogP) is -0.805. The van der Waals surface area contributed by atoms with Crippen LogP contribution in [0.2, 0.25) is 0 Å². The lowest BCUT2D eigenvalue weighted by molar-refractivity contribution is -0.744. The van der Waals surface area contributed by atoms with Crippen molar-refractivity contribution in [1.29, 1.82) is 0 Å². The number of nitrogens with one attached hydrogen (secondary N) is 2. The van der Waals surface area contributed by atoms with Crippen molar-refractivity contribution in [1.82, 2.24) is 15.4 Å². The fourth-order valence-electron chi connectivity index (χ4n) is 2.02. The molecule has 0 saturated carbocycles. The number of amides is 1. The third-order valence-electron chi connectivity index (χ3n) is 3.23. The summed E-state index contributed by atoms with van der Waals surface area (Å²) in [6, 6.07) is 6.45. The molecule has 0 unspecified atom stereocenters. The average Bonchev–Trinajstić information content (AvgIpc) is 2.86. The van der Waals surface area contributed by atoms with Gasteiger partial charge in [-0.25, -0.2) is 16.1 Å². The zero-order chi connectivity index (χ0) is 18.6. The fourth-order valence-corrected chi connectivity index (χ4v) is 2.02. The molecule has 0 bridgehead atoms. The van der Waals surface area contributed by atoms with E-state index in [1.807, 2.05) is 0 Å². The first-order valence-electron chi connectivity index (χ1n) is 7.32. The van der Waals surface area contributed by atoms with Gasteiger partial charge in [-0.15, -0.1) is 4.68 Å². The molecular formula is C15H19N6O4+. The molecule has 0 aliphatic heterocycles. The smallest absolute Gasteiger partial charge is 0.430 e. The van der Waals surface area contributed by atoms with Gasteiger partial charge in [0.2, 0.25) is 5.78 Å². The van der Waals surface area contributed by atoms with E-state index >= 15 is 0 Å². The number of aromatic amines is 1. The lowest BCUT2D eigenvalue weighted by Gasteiger charge is -2.02. The molecule has 1 aromatic carbocycles. The lowest BCUT2D eigenvalue weighted by atomic mass is 10.1. The van der Waals surface area contributed by atoms with Gasteiger partial charge in [-0.05, 0) is 42.9 Å². The van der Waals surface area contributed by atoms with Crippen LogP contribution in [0.3, 0.4) is 0 Å². The second kappa shape index (κ2) is 7.43. The van der Waals surface area contributed by atoms with Gasteiger partial charge in [-0.2, -0.15) is 5.10 Å². The highest BCUT2D eigenvalue weighted by molar-refractivity contribution is 5.95. The molecule has 2 rings (SSSR count). The molecule has 0 radical (unpaired) electrons. The van der Waals surface area contributed by atoms with Crippen molar-refractivity contribution in [3.63, 3.8) is 0 Å². The van der Waals surface area contributed by atoms with E-state index in [0.717, 1.165) is 4.68 Å². The second-order valence-corrected chi connectivity index (χ2v) is 5.36. The van der Waals surface area contributed by atoms with Gasteiger partial charge >= 0.3 is 17.2 Å². The molecule has 0 aliphatic rings. The number of aromatic nitrogens is 3. The normalized spacial score (nSPS) is 10.2. The third kappa shape index (κ3) is 4.10. The van der Waals surface area contributed by atoms with E-state index in [1.54, 1.807) is 38.1 Å². The molecule has 10 heteroatoms. The van der Waals surface area contributed by atoms with Crippen molar-refractivity contribution in [2.45, 2.75) is 20.4 Å². The summed E-state index contributed by atoms with van der Waals surface area (Å²) < 4.78 is 6.11. The van der Waals surface area contributed by atoms with E-state index < -0.39 is 11.5 Å². The van der Waals surface area contributed by atoms with Crippen molar-refractivity contribution in [2.24, 2.45) is 5.10 Å². The number of Topliss-reactive ketones (excluding diaryl/α,β-unsaturated/α-hetero) is 1. The standard InChI is InChI=1S/C15H18N6O4/c1-9(2)17-18-14(23)13-15(24)21(16)19-20(13)8-12(22)10-4-6-11(25-3)7-5-10/h4-7H,8H2,1-3H3,(H3-,16,18,19,23,24)/p+1. The van der Waals surface area contributed by atoms with Gasteiger partial charge in [0, 0.05) is 11.3 Å². The Labute approximate surface area is 142 Å². The molecule has 1 heterocycles. The number of carbonyl (C=O) groups is 2. The van der Waals surface area contributed by atoms with Gasteiger partial charge in [0.05, 0.1) is 7.11 Å². The Morgan fingerprint density at radius 2 is 1.96 bits per heavy atom. The van der Waals surface area contributed by atoms with E-state index in [1.165, 1.54) is 7.11 Å². The lowest BCUT2D eigenvalue weighted by Crippen LogP contribution is -2.48. The zero-order valence-electron chi connectivity index (χ0n) is 14.1. The molecule has 0 saturated heterocycles. The van der Waals surface area contributed by atoms with Crippen molar-refractivity contribution in [3.8, 4) is 5.75 Å². The van der Waals surface area contributed by atoms with Crippen molar-refractivity contribution >= 4 is 17.4 Å². The summed E-state index contributed by atoms with van der Waals surface area (Å²) in [5, 5.41) is 6.20. The van der Waals surface area contributed by atoms with Crippen LogP contribution in [0.5, 0.6) is 5.75 Å². The Morgan fingerprint density at radius 3 is 2.52 bits per heavy atom. The number of benzene rings is 1. The summed E-state index contributed by atoms with van der Waals surface area (Å²) in [5.41, 5.74) is 2.12. The number of hydrogen-bond donors (Lipinski definition) is 3. The van der Waals surface area contributed by atoms with Crippen molar-refractivity contribution in [3.05, 3.63) is 45.9 Å². The Balaban J connectivity index is 2.28. The Kier molecular flexibility index (Phi) is 5.32. The Hall–Kier alpha value is -3.43. The van der Waals surface area contributed by atoms with Crippen LogP contribution in [0.15, 0.2) is 34.2 Å². The number of H-pyrrole nitrogens is 1. The summed E-state index contributed by atoms with van der Waals surface area (Å²) in [6.45, 7) is 3.09. The highest BCUT2D eigenvalue weighted by atomic mass is 16.5. The maximum Gasteiger partial charge on any atom is 0.430 e. The monoisotopic (exact) mass is 347 g/mol. The third-order valence-corrected chi connectivity index (χ3v) is 3.23. The van der Waals surface area contributed by atoms with Gasteiger partial charge in [-0.3, -0.25) is 9.59 Å². The molecule has 0 fully saturated rings. The minimum Gasteiger partial charge on any atom is -0.497 e. The topological polar surface area (TPSA) is 135 Å². The SMILES string of the molecule is COc1ccc(C(=O)C[n+]2[nH]n(N)c(=O)c2C(=O)NN=C(C)C)cc1. The highest BCUT2D eigenvalue weighted by Crippen LogP contribution is 2.11. The summed E-state index contributed by atoms with van der Waals surface area (Å²) >= 11 is 0. The van der Waals surface area contributed by atoms with Gasteiger partial charge in [0.15, 0.2) is 6.54 Å². The molecule has 0 atom stereocenters. The van der Waals surface area contributed by atoms with Gasteiger partial charge in [0.1, 0.15) is 5.75 Å². The maximum absolute atomic E-state index is 12.4. The molecule has 10 nitrogen and oxygen atoms in total. The number of methoxy groups -OCH3 is 1. The van der Waals surface area contributed by atoms with Gasteiger partial charge in [-0.1, -0.05) is 5.21 Å². The van der Waals surface area contributed by atoms with Crippen LogP contribution in [0.25, 0.3) is 0 Å². The fraction of sp³-hybridized carbons (Fsp3) is 0.267. The van der Waals surface area contributed by atoms with E-state index in [-0.39, 0.29) is 18.0 Å². The number of nitrogen functional groups attached to an aromatic ring is 1. The quantitative estimate of drug-likeness (QED) is 0.207. The molecule has 1 amide bonds. The summed E-state index contributed by atoms with van der Waals surface area (Å²) in [5.74, 6) is 4.99. The predicted molar refractivity (Wildman–Crippen MR) is 89.0 cm³/mol. The number of ketones is 1. The number of ether oxygens (including phenoxy) is 1. The zero-order valence-corrected chi connectivity index (χ0v) is 14.1. The minimum absolute atomic E-state index is 0.274. The molecule has 2 aromatic rings. The number of hydrazone groups is 1. The van der Waals surface area contributed by atoms with Crippen molar-refractivity contribution in [2.75, 3.05) is 13.0 Å². The number of nitrogens with zero attached hydrogens (tertiary/aromatic N) is 3. The number of carbonyl (C=O) groups excluding carboxylic acids is 2. The summed E-state index contributed by atoms with van der Waals surface area (Å²) in [7, 11) is 1.52. The largest absolute Gasteiger partial charge is 0.497 e. The first-order valence-corrected chi connectivity index (χ1v) is 7.32. The van der Waals surface area contributed by atoms with Crippen molar-refractivity contribution < 1.29 is 19.0 Å². The molecule has 25 heavy (non-hydrogen) atoms. The van der Waals surface area contributed by atoms with Crippen LogP contribution in [0.1, 0.15) is 34.7 Å². The maximum atomic E-state index is 12.4. The average molecular weight is 347 g/mol. The Bertz CT molecular complexity index is 874. The molecule has 0 aliphatic carbocycles. The minimum atomic E-state index is -0.774. The van der Waals surface area contributed by atoms with Crippen LogP contribution >= 0.6 is 0 Å². The molecule has 0 spiro atoms. The molecule has 1 aromatic heterocycles. The van der Waals surface area contributed by atoms with E-state index in [9.17, 15) is 14.4 Å². The highest BCUT2D eigenvalue weighted by Gasteiger charge is 2.29. The summed E-state index contributed by atoms with van der Waals surface area (Å²) in [4.78, 5) is 37.2. The van der Waals surface area contributed by atoms with Crippen LogP contribution in [0, 0.1) is 0 Å². The van der Waals surface area contributed by atoms with Gasteiger partial charge in [0.25, 0.3) is 0 Å². The first-order chi connectivity index (χ1) is 11.8. The van der Waals surface area contributed by atoms with E-state index in [2.05, 4.69) is 15.7 Å². The number of hydrogen-bond acceptors (Lipinski definition) is 6. The van der Waals surface area contributed by atoms with Crippen LogP contribution in [0.4, 0.5) is 0 Å². The van der Waals surface area contributed by atoms with Gasteiger partial charge < -0.3 is 4.74 Å². The molecular weight excluding hydrogens is 328 g/mol. The summed E-state index contributed by atoms with van der Waals surface area (Å²) in [6.07, 6.45) is 0. The number of rotatable bonds is 6. The van der Waals surface area contributed by atoms with E-state index in [0.29, 0.717) is 21.8 Å². The molecule has 4 N–H and O–H groups in total. The first kappa shape index (κ1) is 17.9. The van der Waals surface area contributed by atoms with Crippen LogP contribution in [-0.4, -0.2) is 34.5 Å². The van der Waals surface area contributed by atoms with Crippen LogP contribution in [-0.2, 0) is 6.54 Å². The Morgan fingerprint density at radius 1 is 1.32 bits per heavy atom. The second-order valence-electron chi connectivity index (χ2n) is 5.36.